The Labute approximate surface area is 155 Å². The Kier molecular flexibility index (Phi) is 6.48. The molecule has 1 atom stereocenters. The maximum absolute atomic E-state index is 12.8. The molecule has 2 rings (SSSR count). The highest BCUT2D eigenvalue weighted by atomic mass is 32.2. The monoisotopic (exact) mass is 396 g/mol. The van der Waals surface area contributed by atoms with Crippen LogP contribution in [0.2, 0.25) is 0 Å². The molecule has 0 saturated heterocycles. The van der Waals surface area contributed by atoms with Crippen LogP contribution in [-0.2, 0) is 24.3 Å². The van der Waals surface area contributed by atoms with Gasteiger partial charge in [0.1, 0.15) is 11.6 Å². The van der Waals surface area contributed by atoms with Crippen molar-refractivity contribution in [3.05, 3.63) is 54.3 Å². The molecule has 0 unspecified atom stereocenters. The summed E-state index contributed by atoms with van der Waals surface area (Å²) in [5.41, 5.74) is 0.305. The van der Waals surface area contributed by atoms with Crippen molar-refractivity contribution in [1.82, 2.24) is 0 Å². The predicted molar refractivity (Wildman–Crippen MR) is 93.9 cm³/mol. The van der Waals surface area contributed by atoms with Gasteiger partial charge in [0.2, 0.25) is 10.0 Å². The number of amides is 1. The fourth-order valence-electron chi connectivity index (χ4n) is 1.94. The molecule has 1 amide bonds. The van der Waals surface area contributed by atoms with E-state index in [4.69, 9.17) is 14.6 Å². The van der Waals surface area contributed by atoms with Gasteiger partial charge in [0.15, 0.2) is 12.7 Å². The van der Waals surface area contributed by atoms with Crippen LogP contribution in [0.1, 0.15) is 6.92 Å². The number of hydrogen-bond donors (Lipinski definition) is 2. The van der Waals surface area contributed by atoms with E-state index in [2.05, 4.69) is 5.32 Å². The van der Waals surface area contributed by atoms with Gasteiger partial charge in [0, 0.05) is 5.69 Å². The zero-order chi connectivity index (χ0) is 20.0. The van der Waals surface area contributed by atoms with E-state index in [9.17, 15) is 22.4 Å². The maximum atomic E-state index is 12.8. The lowest BCUT2D eigenvalue weighted by Crippen LogP contribution is -2.29. The third-order valence-electron chi connectivity index (χ3n) is 3.27. The van der Waals surface area contributed by atoms with E-state index in [1.54, 1.807) is 0 Å². The molecule has 0 heterocycles. The zero-order valence-corrected chi connectivity index (χ0v) is 15.0. The Hall–Kier alpha value is -2.98. The molecule has 2 aromatic carbocycles. The summed E-state index contributed by atoms with van der Waals surface area (Å²) in [6.45, 7) is 0.864. The standard InChI is InChI=1S/C17H17FN2O6S/c1-11(26-14-6-2-12(18)3-7-14)17(22)25-10-16(21)20-13-4-8-15(9-5-13)27(19,23)24/h2-9,11H,10H2,1H3,(H,20,21)(H2,19,23,24)/t11-/m0/s1. The van der Waals surface area contributed by atoms with E-state index in [0.29, 0.717) is 5.69 Å². The topological polar surface area (TPSA) is 125 Å². The summed E-state index contributed by atoms with van der Waals surface area (Å²) < 4.78 is 45.3. The highest BCUT2D eigenvalue weighted by Gasteiger charge is 2.18. The first-order chi connectivity index (χ1) is 12.6. The van der Waals surface area contributed by atoms with Crippen molar-refractivity contribution < 1.29 is 31.9 Å². The molecule has 144 valence electrons. The normalized spacial score (nSPS) is 12.1. The van der Waals surface area contributed by atoms with Gasteiger partial charge >= 0.3 is 5.97 Å². The van der Waals surface area contributed by atoms with Crippen molar-refractivity contribution in [2.24, 2.45) is 5.14 Å². The van der Waals surface area contributed by atoms with Gasteiger partial charge in [-0.3, -0.25) is 4.79 Å². The molecule has 2 aromatic rings. The number of anilines is 1. The van der Waals surface area contributed by atoms with Gasteiger partial charge in [0.25, 0.3) is 5.91 Å². The second-order valence-electron chi connectivity index (χ2n) is 5.44. The SMILES string of the molecule is C[C@H](Oc1ccc(F)cc1)C(=O)OCC(=O)Nc1ccc(S(N)(=O)=O)cc1. The van der Waals surface area contributed by atoms with Crippen molar-refractivity contribution >= 4 is 27.6 Å². The molecule has 0 spiro atoms. The summed E-state index contributed by atoms with van der Waals surface area (Å²) >= 11 is 0. The molecule has 3 N–H and O–H groups in total. The van der Waals surface area contributed by atoms with E-state index in [1.165, 1.54) is 55.5 Å². The van der Waals surface area contributed by atoms with Crippen molar-refractivity contribution in [2.75, 3.05) is 11.9 Å². The summed E-state index contributed by atoms with van der Waals surface area (Å²) in [6, 6.07) is 10.2. The summed E-state index contributed by atoms with van der Waals surface area (Å²) in [5, 5.41) is 7.41. The number of esters is 1. The van der Waals surface area contributed by atoms with Crippen molar-refractivity contribution in [2.45, 2.75) is 17.9 Å². The Morgan fingerprint density at radius 2 is 1.70 bits per heavy atom. The highest BCUT2D eigenvalue weighted by molar-refractivity contribution is 7.89. The highest BCUT2D eigenvalue weighted by Crippen LogP contribution is 2.14. The Morgan fingerprint density at radius 3 is 2.26 bits per heavy atom. The summed E-state index contributed by atoms with van der Waals surface area (Å²) in [5.74, 6) is -1.56. The van der Waals surface area contributed by atoms with Gasteiger partial charge in [0.05, 0.1) is 4.90 Å². The predicted octanol–water partition coefficient (Wildman–Crippen LogP) is 1.42. The smallest absolute Gasteiger partial charge is 0.347 e. The minimum absolute atomic E-state index is 0.0984. The fraction of sp³-hybridized carbons (Fsp3) is 0.176. The maximum Gasteiger partial charge on any atom is 0.347 e. The lowest BCUT2D eigenvalue weighted by atomic mass is 10.3. The molecule has 0 aliphatic carbocycles. The molecule has 0 fully saturated rings. The van der Waals surface area contributed by atoms with E-state index < -0.39 is 40.4 Å². The molecule has 0 aliphatic heterocycles. The van der Waals surface area contributed by atoms with Gasteiger partial charge in [-0.1, -0.05) is 0 Å². The Bertz CT molecular complexity index is 913. The molecular weight excluding hydrogens is 379 g/mol. The minimum atomic E-state index is -3.82. The fourth-order valence-corrected chi connectivity index (χ4v) is 2.46. The van der Waals surface area contributed by atoms with Crippen LogP contribution in [0.3, 0.4) is 0 Å². The first-order valence-electron chi connectivity index (χ1n) is 7.67. The number of hydrogen-bond acceptors (Lipinski definition) is 6. The van der Waals surface area contributed by atoms with Crippen LogP contribution in [0.25, 0.3) is 0 Å². The van der Waals surface area contributed by atoms with Crippen LogP contribution in [0.4, 0.5) is 10.1 Å². The number of nitrogens with two attached hydrogens (primary N) is 1. The molecular formula is C17H17FN2O6S. The molecule has 10 heteroatoms. The Balaban J connectivity index is 1.82. The Morgan fingerprint density at radius 1 is 1.11 bits per heavy atom. The van der Waals surface area contributed by atoms with Crippen LogP contribution in [0, 0.1) is 5.82 Å². The van der Waals surface area contributed by atoms with Gasteiger partial charge in [-0.05, 0) is 55.5 Å². The van der Waals surface area contributed by atoms with E-state index in [0.717, 1.165) is 0 Å². The summed E-state index contributed by atoms with van der Waals surface area (Å²) in [6.07, 6.45) is -1.00. The van der Waals surface area contributed by atoms with E-state index in [1.807, 2.05) is 0 Å². The van der Waals surface area contributed by atoms with Crippen molar-refractivity contribution in [3.63, 3.8) is 0 Å². The lowest BCUT2D eigenvalue weighted by Gasteiger charge is -2.14. The summed E-state index contributed by atoms with van der Waals surface area (Å²) in [4.78, 5) is 23.5. The number of rotatable bonds is 7. The van der Waals surface area contributed by atoms with Gasteiger partial charge < -0.3 is 14.8 Å². The summed E-state index contributed by atoms with van der Waals surface area (Å²) in [7, 11) is -3.82. The first-order valence-corrected chi connectivity index (χ1v) is 9.21. The number of primary sulfonamides is 1. The molecule has 8 nitrogen and oxygen atoms in total. The second kappa shape index (κ2) is 8.60. The van der Waals surface area contributed by atoms with Crippen LogP contribution in [0.15, 0.2) is 53.4 Å². The van der Waals surface area contributed by atoms with Crippen LogP contribution in [0.5, 0.6) is 5.75 Å². The quantitative estimate of drug-likeness (QED) is 0.682. The molecule has 0 aromatic heterocycles. The average molecular weight is 396 g/mol. The van der Waals surface area contributed by atoms with Gasteiger partial charge in [-0.15, -0.1) is 0 Å². The number of benzene rings is 2. The average Bonchev–Trinajstić information content (AvgIpc) is 2.61. The van der Waals surface area contributed by atoms with Crippen molar-refractivity contribution in [1.29, 1.82) is 0 Å². The number of carbonyl (C=O) groups is 2. The van der Waals surface area contributed by atoms with E-state index >= 15 is 0 Å². The molecule has 0 saturated carbocycles. The molecule has 27 heavy (non-hydrogen) atoms. The van der Waals surface area contributed by atoms with E-state index in [-0.39, 0.29) is 10.6 Å². The number of halogens is 1. The number of sulfonamides is 1. The number of ether oxygens (including phenoxy) is 2. The molecule has 0 radical (unpaired) electrons. The zero-order valence-electron chi connectivity index (χ0n) is 14.2. The number of nitrogens with one attached hydrogen (secondary N) is 1. The minimum Gasteiger partial charge on any atom is -0.479 e. The van der Waals surface area contributed by atoms with Gasteiger partial charge in [-0.25, -0.2) is 22.7 Å². The first kappa shape index (κ1) is 20.3. The second-order valence-corrected chi connectivity index (χ2v) is 7.00. The number of carbonyl (C=O) groups excluding carboxylic acids is 2. The molecule has 0 aliphatic rings. The largest absolute Gasteiger partial charge is 0.479 e. The third-order valence-corrected chi connectivity index (χ3v) is 4.20. The van der Waals surface area contributed by atoms with Crippen LogP contribution >= 0.6 is 0 Å². The lowest BCUT2D eigenvalue weighted by molar-refractivity contribution is -0.153. The van der Waals surface area contributed by atoms with Crippen molar-refractivity contribution in [3.8, 4) is 5.75 Å². The van der Waals surface area contributed by atoms with Gasteiger partial charge in [-0.2, -0.15) is 0 Å². The third kappa shape index (κ3) is 6.35. The van der Waals surface area contributed by atoms with Crippen LogP contribution < -0.4 is 15.2 Å². The molecule has 0 bridgehead atoms. The van der Waals surface area contributed by atoms with Crippen LogP contribution in [-0.4, -0.2) is 33.0 Å².